The van der Waals surface area contributed by atoms with Crippen LogP contribution < -0.4 is 15.1 Å². The molecule has 1 aromatic heterocycles. The molecule has 0 fully saturated rings. The van der Waals surface area contributed by atoms with Crippen LogP contribution in [-0.4, -0.2) is 25.1 Å². The SMILES string of the molecule is C=CCOc1cccc(C2c3c(oc4ccc(F)cc4c3=O)C(=O)N2c2ccc(C(=O)OCC)cc2)c1. The molecule has 1 atom stereocenters. The summed E-state index contributed by atoms with van der Waals surface area (Å²) in [5.41, 5.74) is 1.05. The van der Waals surface area contributed by atoms with Crippen molar-refractivity contribution in [2.75, 3.05) is 18.1 Å². The molecule has 5 rings (SSSR count). The number of halogens is 1. The highest BCUT2D eigenvalue weighted by Gasteiger charge is 2.43. The minimum atomic E-state index is -0.882. The summed E-state index contributed by atoms with van der Waals surface area (Å²) in [6.45, 7) is 5.87. The molecule has 1 aliphatic heterocycles. The van der Waals surface area contributed by atoms with Gasteiger partial charge in [-0.15, -0.1) is 0 Å². The van der Waals surface area contributed by atoms with Gasteiger partial charge in [-0.25, -0.2) is 9.18 Å². The van der Waals surface area contributed by atoms with Gasteiger partial charge in [0, 0.05) is 5.69 Å². The molecule has 0 N–H and O–H groups in total. The van der Waals surface area contributed by atoms with Crippen LogP contribution in [0.2, 0.25) is 0 Å². The van der Waals surface area contributed by atoms with Gasteiger partial charge in [0.25, 0.3) is 5.91 Å². The monoisotopic (exact) mass is 499 g/mol. The summed E-state index contributed by atoms with van der Waals surface area (Å²) >= 11 is 0. The van der Waals surface area contributed by atoms with E-state index in [4.69, 9.17) is 13.9 Å². The van der Waals surface area contributed by atoms with Crippen LogP contribution in [0.3, 0.4) is 0 Å². The van der Waals surface area contributed by atoms with E-state index in [1.807, 2.05) is 0 Å². The number of esters is 1. The minimum Gasteiger partial charge on any atom is -0.490 e. The fourth-order valence-electron chi connectivity index (χ4n) is 4.43. The van der Waals surface area contributed by atoms with Crippen molar-refractivity contribution in [3.05, 3.63) is 118 Å². The van der Waals surface area contributed by atoms with E-state index >= 15 is 0 Å². The normalized spacial score (nSPS) is 14.5. The standard InChI is InChI=1S/C29H22FNO6/c1-3-14-36-21-7-5-6-18(15-21)25-24-26(32)22-16-19(30)10-13-23(22)37-27(24)28(33)31(25)20-11-8-17(9-12-20)29(34)35-4-2/h3,5-13,15-16,25H,1,4,14H2,2H3. The maximum absolute atomic E-state index is 14.0. The molecule has 1 unspecified atom stereocenters. The number of ether oxygens (including phenoxy) is 2. The van der Waals surface area contributed by atoms with Gasteiger partial charge >= 0.3 is 5.97 Å². The molecule has 3 aromatic carbocycles. The van der Waals surface area contributed by atoms with Gasteiger partial charge in [0.15, 0.2) is 5.43 Å². The van der Waals surface area contributed by atoms with Crippen molar-refractivity contribution in [1.29, 1.82) is 0 Å². The lowest BCUT2D eigenvalue weighted by Gasteiger charge is -2.25. The second kappa shape index (κ2) is 9.73. The van der Waals surface area contributed by atoms with Crippen molar-refractivity contribution in [2.24, 2.45) is 0 Å². The Labute approximate surface area is 211 Å². The number of carbonyl (C=O) groups is 2. The van der Waals surface area contributed by atoms with Crippen LogP contribution in [0.25, 0.3) is 11.0 Å². The van der Waals surface area contributed by atoms with Crippen LogP contribution in [0, 0.1) is 5.82 Å². The quantitative estimate of drug-likeness (QED) is 0.249. The molecular weight excluding hydrogens is 477 g/mol. The lowest BCUT2D eigenvalue weighted by atomic mass is 9.98. The van der Waals surface area contributed by atoms with E-state index in [-0.39, 0.29) is 35.5 Å². The van der Waals surface area contributed by atoms with Crippen molar-refractivity contribution >= 4 is 28.5 Å². The predicted octanol–water partition coefficient (Wildman–Crippen LogP) is 5.42. The molecular formula is C29H22FNO6. The summed E-state index contributed by atoms with van der Waals surface area (Å²) in [5.74, 6) is -1.22. The number of carbonyl (C=O) groups excluding carboxylic acids is 2. The number of hydrogen-bond acceptors (Lipinski definition) is 6. The van der Waals surface area contributed by atoms with E-state index in [0.717, 1.165) is 6.07 Å². The lowest BCUT2D eigenvalue weighted by molar-refractivity contribution is 0.0526. The van der Waals surface area contributed by atoms with Crippen molar-refractivity contribution in [3.8, 4) is 5.75 Å². The summed E-state index contributed by atoms with van der Waals surface area (Å²) in [7, 11) is 0. The zero-order chi connectivity index (χ0) is 26.1. The highest BCUT2D eigenvalue weighted by Crippen LogP contribution is 2.42. The van der Waals surface area contributed by atoms with Crippen LogP contribution in [-0.2, 0) is 4.74 Å². The van der Waals surface area contributed by atoms with Crippen LogP contribution >= 0.6 is 0 Å². The average Bonchev–Trinajstić information content (AvgIpc) is 3.20. The average molecular weight is 499 g/mol. The number of anilines is 1. The van der Waals surface area contributed by atoms with Crippen LogP contribution in [0.4, 0.5) is 10.1 Å². The molecule has 186 valence electrons. The molecule has 8 heteroatoms. The molecule has 7 nitrogen and oxygen atoms in total. The second-order valence-corrected chi connectivity index (χ2v) is 8.33. The summed E-state index contributed by atoms with van der Waals surface area (Å²) in [6.07, 6.45) is 1.60. The third kappa shape index (κ3) is 4.27. The summed E-state index contributed by atoms with van der Waals surface area (Å²) in [4.78, 5) is 40.9. The Morgan fingerprint density at radius 3 is 2.62 bits per heavy atom. The summed E-state index contributed by atoms with van der Waals surface area (Å²) in [5, 5.41) is 0.0371. The topological polar surface area (TPSA) is 86.0 Å². The van der Waals surface area contributed by atoms with Gasteiger partial charge in [0.05, 0.1) is 29.2 Å². The van der Waals surface area contributed by atoms with Gasteiger partial charge in [0.2, 0.25) is 5.76 Å². The highest BCUT2D eigenvalue weighted by molar-refractivity contribution is 6.10. The molecule has 1 amide bonds. The molecule has 0 spiro atoms. The lowest BCUT2D eigenvalue weighted by Crippen LogP contribution is -2.29. The predicted molar refractivity (Wildman–Crippen MR) is 136 cm³/mol. The molecule has 0 saturated heterocycles. The number of nitrogens with zero attached hydrogens (tertiary/aromatic N) is 1. The fourth-order valence-corrected chi connectivity index (χ4v) is 4.43. The summed E-state index contributed by atoms with van der Waals surface area (Å²) in [6, 6.07) is 16.0. The molecule has 0 saturated carbocycles. The first-order valence-electron chi connectivity index (χ1n) is 11.6. The van der Waals surface area contributed by atoms with Crippen LogP contribution in [0.15, 0.2) is 88.6 Å². The Morgan fingerprint density at radius 2 is 1.89 bits per heavy atom. The van der Waals surface area contributed by atoms with Crippen LogP contribution in [0.5, 0.6) is 5.75 Å². The van der Waals surface area contributed by atoms with Crippen LogP contribution in [0.1, 0.15) is 45.0 Å². The zero-order valence-corrected chi connectivity index (χ0v) is 19.9. The number of benzene rings is 3. The van der Waals surface area contributed by atoms with E-state index in [1.165, 1.54) is 17.0 Å². The first-order chi connectivity index (χ1) is 17.9. The maximum atomic E-state index is 14.0. The molecule has 2 heterocycles. The van der Waals surface area contributed by atoms with Gasteiger partial charge in [-0.2, -0.15) is 0 Å². The van der Waals surface area contributed by atoms with Crippen molar-refractivity contribution in [1.82, 2.24) is 0 Å². The van der Waals surface area contributed by atoms with Gasteiger partial charge in [-0.3, -0.25) is 14.5 Å². The number of rotatable bonds is 7. The Bertz CT molecular complexity index is 1590. The largest absolute Gasteiger partial charge is 0.490 e. The molecule has 1 aliphatic rings. The smallest absolute Gasteiger partial charge is 0.338 e. The Morgan fingerprint density at radius 1 is 1.11 bits per heavy atom. The number of amides is 1. The van der Waals surface area contributed by atoms with E-state index in [1.54, 1.807) is 61.5 Å². The fraction of sp³-hybridized carbons (Fsp3) is 0.138. The van der Waals surface area contributed by atoms with E-state index in [2.05, 4.69) is 6.58 Å². The second-order valence-electron chi connectivity index (χ2n) is 8.33. The van der Waals surface area contributed by atoms with Crippen molar-refractivity contribution < 1.29 is 27.9 Å². The first-order valence-corrected chi connectivity index (χ1v) is 11.6. The molecule has 0 radical (unpaired) electrons. The minimum absolute atomic E-state index is 0.0371. The number of hydrogen-bond donors (Lipinski definition) is 0. The third-order valence-corrected chi connectivity index (χ3v) is 6.03. The maximum Gasteiger partial charge on any atom is 0.338 e. The van der Waals surface area contributed by atoms with E-state index in [0.29, 0.717) is 22.6 Å². The summed E-state index contributed by atoms with van der Waals surface area (Å²) < 4.78 is 30.6. The van der Waals surface area contributed by atoms with E-state index in [9.17, 15) is 18.8 Å². The highest BCUT2D eigenvalue weighted by atomic mass is 19.1. The molecule has 37 heavy (non-hydrogen) atoms. The first kappa shape index (κ1) is 24.0. The van der Waals surface area contributed by atoms with Gasteiger partial charge < -0.3 is 13.9 Å². The number of fused-ring (bicyclic) bond motifs is 2. The van der Waals surface area contributed by atoms with Crippen molar-refractivity contribution in [2.45, 2.75) is 13.0 Å². The zero-order valence-electron chi connectivity index (χ0n) is 19.9. The van der Waals surface area contributed by atoms with Gasteiger partial charge in [-0.1, -0.05) is 24.8 Å². The van der Waals surface area contributed by atoms with Gasteiger partial charge in [-0.05, 0) is 67.1 Å². The molecule has 0 aliphatic carbocycles. The van der Waals surface area contributed by atoms with Crippen molar-refractivity contribution in [3.63, 3.8) is 0 Å². The Balaban J connectivity index is 1.69. The Hall–Kier alpha value is -4.72. The van der Waals surface area contributed by atoms with Gasteiger partial charge in [0.1, 0.15) is 23.8 Å². The Kier molecular flexibility index (Phi) is 6.31. The van der Waals surface area contributed by atoms with E-state index < -0.39 is 29.2 Å². The molecule has 0 bridgehead atoms. The molecule has 4 aromatic rings. The third-order valence-electron chi connectivity index (χ3n) is 6.03.